The maximum absolute atomic E-state index is 12.4. The lowest BCUT2D eigenvalue weighted by molar-refractivity contribution is -0.116. The number of nitrogens with one attached hydrogen (secondary N) is 1. The average molecular weight is 418 g/mol. The predicted molar refractivity (Wildman–Crippen MR) is 108 cm³/mol. The van der Waals surface area contributed by atoms with E-state index in [-0.39, 0.29) is 23.1 Å². The van der Waals surface area contributed by atoms with E-state index in [2.05, 4.69) is 5.32 Å². The lowest BCUT2D eigenvalue weighted by Gasteiger charge is -2.24. The highest BCUT2D eigenvalue weighted by molar-refractivity contribution is 7.15. The molecule has 136 valence electrons. The van der Waals surface area contributed by atoms with Gasteiger partial charge in [0.2, 0.25) is 5.91 Å². The Hall–Kier alpha value is -2.34. The van der Waals surface area contributed by atoms with Crippen LogP contribution in [0.3, 0.4) is 0 Å². The third kappa shape index (κ3) is 3.34. The fourth-order valence-electron chi connectivity index (χ4n) is 3.29. The zero-order valence-corrected chi connectivity index (χ0v) is 16.2. The number of carbonyl (C=O) groups is 2. The Bertz CT molecular complexity index is 1040. The molecule has 1 aliphatic rings. The third-order valence-corrected chi connectivity index (χ3v) is 6.30. The van der Waals surface area contributed by atoms with E-state index >= 15 is 0 Å². The molecule has 3 aromatic rings. The minimum atomic E-state index is -1.02. The molecule has 0 saturated heterocycles. The third-order valence-electron chi connectivity index (χ3n) is 4.51. The van der Waals surface area contributed by atoms with Crippen LogP contribution >= 0.6 is 34.5 Å². The van der Waals surface area contributed by atoms with E-state index < -0.39 is 5.97 Å². The molecule has 1 amide bonds. The van der Waals surface area contributed by atoms with E-state index in [9.17, 15) is 14.7 Å². The lowest BCUT2D eigenvalue weighted by Crippen LogP contribution is -2.22. The molecule has 0 unspecified atom stereocenters. The van der Waals surface area contributed by atoms with Gasteiger partial charge in [0.1, 0.15) is 4.88 Å². The zero-order valence-electron chi connectivity index (χ0n) is 13.8. The van der Waals surface area contributed by atoms with Crippen LogP contribution in [0.25, 0.3) is 11.1 Å². The van der Waals surface area contributed by atoms with Gasteiger partial charge in [-0.2, -0.15) is 0 Å². The van der Waals surface area contributed by atoms with Crippen LogP contribution in [0, 0.1) is 0 Å². The van der Waals surface area contributed by atoms with Crippen molar-refractivity contribution >= 4 is 52.1 Å². The van der Waals surface area contributed by atoms with Crippen LogP contribution in [-0.2, 0) is 4.79 Å². The van der Waals surface area contributed by atoms with Gasteiger partial charge in [0.05, 0.1) is 5.69 Å². The number of carbonyl (C=O) groups excluding carboxylic acids is 1. The Kier molecular flexibility index (Phi) is 4.68. The van der Waals surface area contributed by atoms with Crippen LogP contribution in [-0.4, -0.2) is 17.0 Å². The van der Waals surface area contributed by atoms with E-state index in [4.69, 9.17) is 23.2 Å². The Balaban J connectivity index is 1.92. The number of hydrogen-bond acceptors (Lipinski definition) is 3. The fraction of sp³-hybridized carbons (Fsp3) is 0.100. The number of thiophene rings is 1. The normalized spacial score (nSPS) is 15.9. The molecule has 0 spiro atoms. The zero-order chi connectivity index (χ0) is 19.1. The SMILES string of the molecule is O=C1C[C@H](c2ccc(Cl)cc2)c2sc(C(=O)O)c(-c3ccc(Cl)cc3)c2N1. The van der Waals surface area contributed by atoms with E-state index in [1.54, 1.807) is 36.4 Å². The number of carboxylic acids is 1. The summed E-state index contributed by atoms with van der Waals surface area (Å²) in [5, 5.41) is 13.8. The molecule has 1 atom stereocenters. The molecule has 0 fully saturated rings. The van der Waals surface area contributed by atoms with Crippen LogP contribution in [0.2, 0.25) is 10.0 Å². The van der Waals surface area contributed by atoms with Crippen molar-refractivity contribution in [1.29, 1.82) is 0 Å². The fourth-order valence-corrected chi connectivity index (χ4v) is 4.79. The van der Waals surface area contributed by atoms with Crippen molar-refractivity contribution in [1.82, 2.24) is 0 Å². The minimum Gasteiger partial charge on any atom is -0.477 e. The predicted octanol–water partition coefficient (Wildman–Crippen LogP) is 5.89. The molecule has 1 aliphatic heterocycles. The Morgan fingerprint density at radius 2 is 1.63 bits per heavy atom. The second-order valence-corrected chi connectivity index (χ2v) is 8.14. The van der Waals surface area contributed by atoms with Crippen molar-refractivity contribution < 1.29 is 14.7 Å². The highest BCUT2D eigenvalue weighted by Gasteiger charge is 2.34. The Labute approximate surface area is 169 Å². The molecular formula is C20H13Cl2NO3S. The van der Waals surface area contributed by atoms with E-state index in [0.29, 0.717) is 26.9 Å². The standard InChI is InChI=1S/C20H13Cl2NO3S/c21-12-5-1-10(2-6-12)14-9-15(24)23-17-16(11-3-7-13(22)8-4-11)19(20(25)26)27-18(14)17/h1-8,14H,9H2,(H,23,24)(H,25,26)/t14-/m1/s1. The highest BCUT2D eigenvalue weighted by Crippen LogP contribution is 2.49. The molecule has 2 heterocycles. The van der Waals surface area contributed by atoms with Crippen molar-refractivity contribution in [3.63, 3.8) is 0 Å². The topological polar surface area (TPSA) is 66.4 Å². The largest absolute Gasteiger partial charge is 0.477 e. The number of anilines is 1. The molecule has 2 N–H and O–H groups in total. The summed E-state index contributed by atoms with van der Waals surface area (Å²) < 4.78 is 0. The smallest absolute Gasteiger partial charge is 0.346 e. The second-order valence-electron chi connectivity index (χ2n) is 6.21. The quantitative estimate of drug-likeness (QED) is 0.557. The van der Waals surface area contributed by atoms with Crippen molar-refractivity contribution in [2.45, 2.75) is 12.3 Å². The van der Waals surface area contributed by atoms with Gasteiger partial charge in [0, 0.05) is 32.8 Å². The first-order valence-electron chi connectivity index (χ1n) is 8.15. The lowest BCUT2D eigenvalue weighted by atomic mass is 9.89. The number of fused-ring (bicyclic) bond motifs is 1. The summed E-state index contributed by atoms with van der Waals surface area (Å²) in [7, 11) is 0. The van der Waals surface area contributed by atoms with Gasteiger partial charge in [0.15, 0.2) is 0 Å². The number of amides is 1. The summed E-state index contributed by atoms with van der Waals surface area (Å²) in [6, 6.07) is 14.2. The van der Waals surface area contributed by atoms with Gasteiger partial charge in [-0.25, -0.2) is 4.79 Å². The van der Waals surface area contributed by atoms with Gasteiger partial charge in [-0.05, 0) is 35.4 Å². The van der Waals surface area contributed by atoms with Crippen LogP contribution < -0.4 is 5.32 Å². The summed E-state index contributed by atoms with van der Waals surface area (Å²) in [6.07, 6.45) is 0.258. The molecular weight excluding hydrogens is 405 g/mol. The number of carboxylic acid groups (broad SMARTS) is 1. The monoisotopic (exact) mass is 417 g/mol. The molecule has 7 heteroatoms. The molecule has 4 nitrogen and oxygen atoms in total. The summed E-state index contributed by atoms with van der Waals surface area (Å²) in [5.41, 5.74) is 2.71. The maximum atomic E-state index is 12.4. The van der Waals surface area contributed by atoms with Crippen molar-refractivity contribution in [2.24, 2.45) is 0 Å². The van der Waals surface area contributed by atoms with Crippen LogP contribution in [0.15, 0.2) is 48.5 Å². The Morgan fingerprint density at radius 1 is 1.04 bits per heavy atom. The summed E-state index contributed by atoms with van der Waals surface area (Å²) in [6.45, 7) is 0. The number of rotatable bonds is 3. The van der Waals surface area contributed by atoms with Gasteiger partial charge in [0.25, 0.3) is 0 Å². The first kappa shape index (κ1) is 18.0. The van der Waals surface area contributed by atoms with E-state index in [0.717, 1.165) is 10.4 Å². The highest BCUT2D eigenvalue weighted by atomic mass is 35.5. The molecule has 0 bridgehead atoms. The molecule has 2 aromatic carbocycles. The van der Waals surface area contributed by atoms with E-state index in [1.807, 2.05) is 12.1 Å². The molecule has 27 heavy (non-hydrogen) atoms. The first-order valence-corrected chi connectivity index (χ1v) is 9.72. The first-order chi connectivity index (χ1) is 12.9. The van der Waals surface area contributed by atoms with Gasteiger partial charge < -0.3 is 10.4 Å². The van der Waals surface area contributed by atoms with Crippen molar-refractivity contribution in [2.75, 3.05) is 5.32 Å². The summed E-state index contributed by atoms with van der Waals surface area (Å²) in [5.74, 6) is -1.38. The molecule has 4 rings (SSSR count). The number of benzene rings is 2. The number of halogens is 2. The van der Waals surface area contributed by atoms with Crippen LogP contribution in [0.5, 0.6) is 0 Å². The van der Waals surface area contributed by atoms with Crippen LogP contribution in [0.4, 0.5) is 5.69 Å². The molecule has 0 aliphatic carbocycles. The second kappa shape index (κ2) is 7.00. The number of hydrogen-bond donors (Lipinski definition) is 2. The minimum absolute atomic E-state index is 0.146. The maximum Gasteiger partial charge on any atom is 0.346 e. The summed E-state index contributed by atoms with van der Waals surface area (Å²) >= 11 is 13.1. The van der Waals surface area contributed by atoms with Gasteiger partial charge in [-0.3, -0.25) is 4.79 Å². The summed E-state index contributed by atoms with van der Waals surface area (Å²) in [4.78, 5) is 25.3. The van der Waals surface area contributed by atoms with Gasteiger partial charge in [-0.1, -0.05) is 47.5 Å². The van der Waals surface area contributed by atoms with Crippen molar-refractivity contribution in [3.8, 4) is 11.1 Å². The molecule has 0 radical (unpaired) electrons. The van der Waals surface area contributed by atoms with Crippen LogP contribution in [0.1, 0.15) is 32.5 Å². The molecule has 1 aromatic heterocycles. The average Bonchev–Trinajstić information content (AvgIpc) is 3.02. The van der Waals surface area contributed by atoms with Crippen molar-refractivity contribution in [3.05, 3.63) is 73.9 Å². The van der Waals surface area contributed by atoms with E-state index in [1.165, 1.54) is 11.3 Å². The molecule has 0 saturated carbocycles. The number of aromatic carboxylic acids is 1. The Morgan fingerprint density at radius 3 is 2.22 bits per heavy atom. The van der Waals surface area contributed by atoms with Gasteiger partial charge in [-0.15, -0.1) is 11.3 Å². The van der Waals surface area contributed by atoms with Gasteiger partial charge >= 0.3 is 5.97 Å².